The van der Waals surface area contributed by atoms with E-state index in [9.17, 15) is 4.79 Å². The highest BCUT2D eigenvalue weighted by molar-refractivity contribution is 6.42. The van der Waals surface area contributed by atoms with Crippen LogP contribution >= 0.6 is 23.2 Å². The molecule has 0 fully saturated rings. The van der Waals surface area contributed by atoms with Gasteiger partial charge in [-0.3, -0.25) is 9.79 Å². The average Bonchev–Trinajstić information content (AvgIpc) is 2.68. The SMILES string of the molecule is NCC(=O)NCC1=Nc2cc(Cl)c(Cl)cc2C1. The van der Waals surface area contributed by atoms with E-state index >= 15 is 0 Å². The quantitative estimate of drug-likeness (QED) is 0.879. The molecular formula is C11H11Cl2N3O. The van der Waals surface area contributed by atoms with Crippen LogP contribution in [0.4, 0.5) is 5.69 Å². The summed E-state index contributed by atoms with van der Waals surface area (Å²) < 4.78 is 0. The van der Waals surface area contributed by atoms with Crippen LogP contribution in [0.1, 0.15) is 5.56 Å². The minimum Gasteiger partial charge on any atom is -0.350 e. The second-order valence-corrected chi connectivity index (χ2v) is 4.55. The molecule has 1 heterocycles. The Bertz CT molecular complexity index is 500. The van der Waals surface area contributed by atoms with Gasteiger partial charge in [-0.15, -0.1) is 0 Å². The summed E-state index contributed by atoms with van der Waals surface area (Å²) in [5.74, 6) is -0.195. The maximum Gasteiger partial charge on any atom is 0.234 e. The van der Waals surface area contributed by atoms with E-state index in [1.165, 1.54) is 0 Å². The molecule has 1 aliphatic heterocycles. The van der Waals surface area contributed by atoms with Gasteiger partial charge in [0.15, 0.2) is 0 Å². The summed E-state index contributed by atoms with van der Waals surface area (Å²) in [6.07, 6.45) is 0.678. The van der Waals surface area contributed by atoms with Crippen molar-refractivity contribution in [3.63, 3.8) is 0 Å². The summed E-state index contributed by atoms with van der Waals surface area (Å²) in [7, 11) is 0. The molecule has 0 unspecified atom stereocenters. The van der Waals surface area contributed by atoms with E-state index in [0.29, 0.717) is 23.0 Å². The maximum absolute atomic E-state index is 11.0. The molecule has 4 nitrogen and oxygen atoms in total. The van der Waals surface area contributed by atoms with Gasteiger partial charge < -0.3 is 11.1 Å². The number of nitrogens with zero attached hydrogens (tertiary/aromatic N) is 1. The van der Waals surface area contributed by atoms with Crippen molar-refractivity contribution in [1.82, 2.24) is 5.32 Å². The Labute approximate surface area is 109 Å². The van der Waals surface area contributed by atoms with Gasteiger partial charge in [0, 0.05) is 12.1 Å². The smallest absolute Gasteiger partial charge is 0.234 e. The Kier molecular flexibility index (Phi) is 3.66. The highest BCUT2D eigenvalue weighted by Gasteiger charge is 2.16. The van der Waals surface area contributed by atoms with Gasteiger partial charge in [0.05, 0.1) is 28.8 Å². The van der Waals surface area contributed by atoms with Crippen LogP contribution in [0.25, 0.3) is 0 Å². The molecule has 0 spiro atoms. The van der Waals surface area contributed by atoms with Gasteiger partial charge in [0.1, 0.15) is 0 Å². The van der Waals surface area contributed by atoms with Crippen LogP contribution in [-0.4, -0.2) is 24.7 Å². The van der Waals surface area contributed by atoms with Crippen molar-refractivity contribution in [1.29, 1.82) is 0 Å². The predicted octanol–water partition coefficient (Wildman–Crippen LogP) is 1.70. The van der Waals surface area contributed by atoms with Gasteiger partial charge in [-0.05, 0) is 17.7 Å². The normalized spacial score (nSPS) is 13.2. The zero-order chi connectivity index (χ0) is 12.4. The predicted molar refractivity (Wildman–Crippen MR) is 69.3 cm³/mol. The van der Waals surface area contributed by atoms with E-state index in [1.54, 1.807) is 12.1 Å². The Morgan fingerprint density at radius 2 is 2.12 bits per heavy atom. The fraction of sp³-hybridized carbons (Fsp3) is 0.273. The number of hydrogen-bond donors (Lipinski definition) is 2. The van der Waals surface area contributed by atoms with Crippen LogP contribution in [0.2, 0.25) is 10.0 Å². The first kappa shape index (κ1) is 12.4. The lowest BCUT2D eigenvalue weighted by Gasteiger charge is -2.02. The van der Waals surface area contributed by atoms with E-state index in [4.69, 9.17) is 28.9 Å². The van der Waals surface area contributed by atoms with Crippen molar-refractivity contribution in [3.05, 3.63) is 27.7 Å². The zero-order valence-corrected chi connectivity index (χ0v) is 10.5. The first-order chi connectivity index (χ1) is 8.10. The molecule has 0 aliphatic carbocycles. The number of carbonyl (C=O) groups is 1. The molecule has 1 aliphatic rings. The molecule has 0 radical (unpaired) electrons. The number of rotatable bonds is 3. The molecule has 90 valence electrons. The van der Waals surface area contributed by atoms with Crippen molar-refractivity contribution in [2.24, 2.45) is 10.7 Å². The Hall–Kier alpha value is -1.10. The summed E-state index contributed by atoms with van der Waals surface area (Å²) in [5, 5.41) is 3.69. The molecular weight excluding hydrogens is 261 g/mol. The molecule has 1 amide bonds. The Balaban J connectivity index is 2.07. The van der Waals surface area contributed by atoms with E-state index in [1.807, 2.05) is 0 Å². The van der Waals surface area contributed by atoms with Gasteiger partial charge in [0.25, 0.3) is 0 Å². The number of hydrogen-bond acceptors (Lipinski definition) is 3. The molecule has 2 rings (SSSR count). The molecule has 1 aromatic rings. The molecule has 0 saturated heterocycles. The highest BCUT2D eigenvalue weighted by atomic mass is 35.5. The van der Waals surface area contributed by atoms with Crippen molar-refractivity contribution >= 4 is 40.5 Å². The number of aliphatic imine (C=N–C) groups is 1. The lowest BCUT2D eigenvalue weighted by molar-refractivity contribution is -0.119. The van der Waals surface area contributed by atoms with Crippen molar-refractivity contribution < 1.29 is 4.79 Å². The fourth-order valence-corrected chi connectivity index (χ4v) is 1.97. The standard InChI is InChI=1S/C11H11Cl2N3O/c12-8-2-6-1-7(5-15-11(17)4-14)16-10(6)3-9(8)13/h2-3H,1,4-5,14H2,(H,15,17). The number of amides is 1. The minimum atomic E-state index is -0.195. The van der Waals surface area contributed by atoms with Gasteiger partial charge >= 0.3 is 0 Å². The van der Waals surface area contributed by atoms with Crippen LogP contribution in [0.5, 0.6) is 0 Å². The van der Waals surface area contributed by atoms with Crippen LogP contribution in [0.3, 0.4) is 0 Å². The largest absolute Gasteiger partial charge is 0.350 e. The summed E-state index contributed by atoms with van der Waals surface area (Å²) in [6, 6.07) is 3.54. The van der Waals surface area contributed by atoms with Gasteiger partial charge in [0.2, 0.25) is 5.91 Å². The zero-order valence-electron chi connectivity index (χ0n) is 8.96. The molecule has 1 aromatic carbocycles. The van der Waals surface area contributed by atoms with Crippen LogP contribution in [0, 0.1) is 0 Å². The van der Waals surface area contributed by atoms with E-state index < -0.39 is 0 Å². The molecule has 0 saturated carbocycles. The van der Waals surface area contributed by atoms with Gasteiger partial charge in [-0.2, -0.15) is 0 Å². The third-order valence-corrected chi connectivity index (χ3v) is 3.19. The molecule has 3 N–H and O–H groups in total. The second-order valence-electron chi connectivity index (χ2n) is 3.73. The van der Waals surface area contributed by atoms with Crippen LogP contribution < -0.4 is 11.1 Å². The Morgan fingerprint density at radius 3 is 2.82 bits per heavy atom. The van der Waals surface area contributed by atoms with Crippen LogP contribution in [0.15, 0.2) is 17.1 Å². The van der Waals surface area contributed by atoms with Gasteiger partial charge in [-0.25, -0.2) is 0 Å². The van der Waals surface area contributed by atoms with Crippen molar-refractivity contribution in [3.8, 4) is 0 Å². The lowest BCUT2D eigenvalue weighted by Crippen LogP contribution is -2.34. The van der Waals surface area contributed by atoms with Crippen LogP contribution in [-0.2, 0) is 11.2 Å². The average molecular weight is 272 g/mol. The lowest BCUT2D eigenvalue weighted by atomic mass is 10.1. The van der Waals surface area contributed by atoms with Gasteiger partial charge in [-0.1, -0.05) is 23.2 Å². The van der Waals surface area contributed by atoms with Crippen molar-refractivity contribution in [2.45, 2.75) is 6.42 Å². The summed E-state index contributed by atoms with van der Waals surface area (Å²) in [6.45, 7) is 0.387. The summed E-state index contributed by atoms with van der Waals surface area (Å²) in [4.78, 5) is 15.4. The molecule has 0 bridgehead atoms. The summed E-state index contributed by atoms with van der Waals surface area (Å²) in [5.41, 5.74) is 7.91. The monoisotopic (exact) mass is 271 g/mol. The molecule has 0 aromatic heterocycles. The summed E-state index contributed by atoms with van der Waals surface area (Å²) >= 11 is 11.8. The Morgan fingerprint density at radius 1 is 1.41 bits per heavy atom. The topological polar surface area (TPSA) is 67.5 Å². The third-order valence-electron chi connectivity index (χ3n) is 2.47. The van der Waals surface area contributed by atoms with Crippen molar-refractivity contribution in [2.75, 3.05) is 13.1 Å². The van der Waals surface area contributed by atoms with E-state index in [-0.39, 0.29) is 12.5 Å². The van der Waals surface area contributed by atoms with E-state index in [2.05, 4.69) is 10.3 Å². The molecule has 0 atom stereocenters. The number of benzene rings is 1. The number of halogens is 2. The highest BCUT2D eigenvalue weighted by Crippen LogP contribution is 2.34. The minimum absolute atomic E-state index is 0.0160. The number of carbonyl (C=O) groups excluding carboxylic acids is 1. The number of nitrogens with two attached hydrogens (primary N) is 1. The molecule has 17 heavy (non-hydrogen) atoms. The number of nitrogens with one attached hydrogen (secondary N) is 1. The second kappa shape index (κ2) is 5.04. The first-order valence-electron chi connectivity index (χ1n) is 5.11. The van der Waals surface area contributed by atoms with E-state index in [0.717, 1.165) is 17.0 Å². The fourth-order valence-electron chi connectivity index (χ4n) is 1.63. The number of fused-ring (bicyclic) bond motifs is 1. The maximum atomic E-state index is 11.0. The molecule has 6 heteroatoms. The third kappa shape index (κ3) is 2.77. The first-order valence-corrected chi connectivity index (χ1v) is 5.87.